The largest absolute Gasteiger partial charge is 0.508 e. The van der Waals surface area contributed by atoms with Crippen LogP contribution in [0.3, 0.4) is 0 Å². The van der Waals surface area contributed by atoms with Gasteiger partial charge in [-0.3, -0.25) is 0 Å². The number of benzene rings is 3. The van der Waals surface area contributed by atoms with Crippen LogP contribution in [-0.4, -0.2) is 22.4 Å². The molecule has 0 spiro atoms. The zero-order valence-corrected chi connectivity index (χ0v) is 12.5. The number of rotatable bonds is 3. The average Bonchev–Trinajstić information content (AvgIpc) is 2.56. The third kappa shape index (κ3) is 2.79. The Kier molecular flexibility index (Phi) is 3.81. The van der Waals surface area contributed by atoms with E-state index in [4.69, 9.17) is 4.74 Å². The Labute approximate surface area is 133 Å². The number of hydrogen-bond acceptors (Lipinski definition) is 4. The maximum absolute atomic E-state index is 10.1. The fourth-order valence-electron chi connectivity index (χ4n) is 2.57. The van der Waals surface area contributed by atoms with Crippen molar-refractivity contribution in [2.75, 3.05) is 7.11 Å². The minimum Gasteiger partial charge on any atom is -0.508 e. The van der Waals surface area contributed by atoms with Crippen LogP contribution in [0.4, 0.5) is 0 Å². The van der Waals surface area contributed by atoms with E-state index >= 15 is 0 Å². The predicted octanol–water partition coefficient (Wildman–Crippen LogP) is 4.15. The van der Waals surface area contributed by atoms with Gasteiger partial charge in [0.15, 0.2) is 11.5 Å². The van der Waals surface area contributed by atoms with Crippen LogP contribution < -0.4 is 4.74 Å². The summed E-state index contributed by atoms with van der Waals surface area (Å²) >= 11 is 0. The van der Waals surface area contributed by atoms with Crippen LogP contribution in [0.2, 0.25) is 0 Å². The lowest BCUT2D eigenvalue weighted by Crippen LogP contribution is -1.92. The molecule has 0 radical (unpaired) electrons. The van der Waals surface area contributed by atoms with Gasteiger partial charge in [0.2, 0.25) is 0 Å². The second kappa shape index (κ2) is 5.93. The van der Waals surface area contributed by atoms with Crippen LogP contribution in [0.15, 0.2) is 60.7 Å². The zero-order chi connectivity index (χ0) is 16.4. The normalized spacial score (nSPS) is 10.5. The van der Waals surface area contributed by atoms with E-state index in [1.807, 2.05) is 0 Å². The molecule has 0 amide bonds. The summed E-state index contributed by atoms with van der Waals surface area (Å²) in [7, 11) is 1.50. The molecule has 0 bridgehead atoms. The molecule has 3 rings (SSSR count). The molecule has 0 heterocycles. The molecule has 0 atom stereocenters. The lowest BCUT2D eigenvalue weighted by atomic mass is 9.93. The van der Waals surface area contributed by atoms with Gasteiger partial charge >= 0.3 is 0 Å². The van der Waals surface area contributed by atoms with Crippen LogP contribution in [-0.2, 0) is 0 Å². The maximum Gasteiger partial charge on any atom is 0.168 e. The highest BCUT2D eigenvalue weighted by Gasteiger charge is 2.17. The topological polar surface area (TPSA) is 69.9 Å². The SMILES string of the molecule is COc1c(O)ccc(-c2ccc(O)cc2)c1-c1ccc(O)cc1. The summed E-state index contributed by atoms with van der Waals surface area (Å²) < 4.78 is 5.38. The Morgan fingerprint density at radius 1 is 0.652 bits per heavy atom. The van der Waals surface area contributed by atoms with Gasteiger partial charge in [-0.2, -0.15) is 0 Å². The second-order valence-electron chi connectivity index (χ2n) is 5.13. The molecule has 116 valence electrons. The summed E-state index contributed by atoms with van der Waals surface area (Å²) in [5.74, 6) is 0.754. The number of aromatic hydroxyl groups is 3. The first-order valence-electron chi connectivity index (χ1n) is 7.09. The van der Waals surface area contributed by atoms with Crippen molar-refractivity contribution >= 4 is 0 Å². The van der Waals surface area contributed by atoms with Gasteiger partial charge < -0.3 is 20.1 Å². The van der Waals surface area contributed by atoms with E-state index in [9.17, 15) is 15.3 Å². The van der Waals surface area contributed by atoms with Crippen LogP contribution in [0, 0.1) is 0 Å². The fourth-order valence-corrected chi connectivity index (χ4v) is 2.57. The third-order valence-corrected chi connectivity index (χ3v) is 3.68. The molecule has 3 aromatic rings. The number of ether oxygens (including phenoxy) is 1. The lowest BCUT2D eigenvalue weighted by molar-refractivity contribution is 0.375. The van der Waals surface area contributed by atoms with Crippen LogP contribution in [0.25, 0.3) is 22.3 Å². The maximum atomic E-state index is 10.1. The Morgan fingerprint density at radius 3 is 1.70 bits per heavy atom. The molecule has 0 fully saturated rings. The van der Waals surface area contributed by atoms with E-state index in [1.165, 1.54) is 7.11 Å². The third-order valence-electron chi connectivity index (χ3n) is 3.68. The highest BCUT2D eigenvalue weighted by Crippen LogP contribution is 2.44. The van der Waals surface area contributed by atoms with E-state index in [2.05, 4.69) is 0 Å². The summed E-state index contributed by atoms with van der Waals surface area (Å²) in [5, 5.41) is 29.1. The first-order valence-corrected chi connectivity index (χ1v) is 7.09. The molecule has 0 aliphatic rings. The van der Waals surface area contributed by atoms with Crippen molar-refractivity contribution in [3.8, 4) is 45.3 Å². The minimum absolute atomic E-state index is 0.0399. The summed E-state index contributed by atoms with van der Waals surface area (Å²) in [5.41, 5.74) is 3.26. The first kappa shape index (κ1) is 14.8. The number of phenols is 3. The standard InChI is InChI=1S/C19H16O4/c1-23-19-17(22)11-10-16(12-2-6-14(20)7-3-12)18(19)13-4-8-15(21)9-5-13/h2-11,20-22H,1H3. The molecule has 0 aliphatic carbocycles. The van der Waals surface area contributed by atoms with Crippen molar-refractivity contribution in [2.24, 2.45) is 0 Å². The van der Waals surface area contributed by atoms with E-state index in [1.54, 1.807) is 60.7 Å². The zero-order valence-electron chi connectivity index (χ0n) is 12.5. The molecule has 0 saturated carbocycles. The summed E-state index contributed by atoms with van der Waals surface area (Å²) in [6, 6.07) is 16.9. The van der Waals surface area contributed by atoms with Crippen molar-refractivity contribution in [3.05, 3.63) is 60.7 Å². The molecule has 0 aromatic heterocycles. The Hall–Kier alpha value is -3.14. The van der Waals surface area contributed by atoms with Crippen LogP contribution >= 0.6 is 0 Å². The molecule has 0 aliphatic heterocycles. The second-order valence-corrected chi connectivity index (χ2v) is 5.13. The molecular weight excluding hydrogens is 292 g/mol. The number of methoxy groups -OCH3 is 1. The Bertz CT molecular complexity index is 821. The van der Waals surface area contributed by atoms with Crippen LogP contribution in [0.5, 0.6) is 23.0 Å². The van der Waals surface area contributed by atoms with Crippen molar-refractivity contribution in [1.82, 2.24) is 0 Å². The van der Waals surface area contributed by atoms with Gasteiger partial charge in [0, 0.05) is 5.56 Å². The molecule has 3 N–H and O–H groups in total. The Balaban J connectivity index is 2.27. The molecule has 3 aromatic carbocycles. The Morgan fingerprint density at radius 2 is 1.17 bits per heavy atom. The highest BCUT2D eigenvalue weighted by atomic mass is 16.5. The summed E-state index contributed by atoms with van der Waals surface area (Å²) in [6.45, 7) is 0. The molecular formula is C19H16O4. The molecule has 0 saturated heterocycles. The molecule has 0 unspecified atom stereocenters. The fraction of sp³-hybridized carbons (Fsp3) is 0.0526. The van der Waals surface area contributed by atoms with Gasteiger partial charge in [-0.15, -0.1) is 0 Å². The van der Waals surface area contributed by atoms with E-state index in [0.29, 0.717) is 5.75 Å². The quantitative estimate of drug-likeness (QED) is 0.680. The van der Waals surface area contributed by atoms with Gasteiger partial charge in [-0.1, -0.05) is 24.3 Å². The molecule has 4 heteroatoms. The van der Waals surface area contributed by atoms with Crippen molar-refractivity contribution in [2.45, 2.75) is 0 Å². The summed E-state index contributed by atoms with van der Waals surface area (Å²) in [4.78, 5) is 0. The number of hydrogen-bond donors (Lipinski definition) is 3. The van der Waals surface area contributed by atoms with Gasteiger partial charge in [-0.05, 0) is 53.1 Å². The number of phenolic OH excluding ortho intramolecular Hbond substituents is 3. The highest BCUT2D eigenvalue weighted by molar-refractivity contribution is 5.89. The lowest BCUT2D eigenvalue weighted by Gasteiger charge is -2.16. The average molecular weight is 308 g/mol. The van der Waals surface area contributed by atoms with E-state index in [-0.39, 0.29) is 17.2 Å². The molecule has 4 nitrogen and oxygen atoms in total. The van der Waals surface area contributed by atoms with E-state index in [0.717, 1.165) is 22.3 Å². The summed E-state index contributed by atoms with van der Waals surface area (Å²) in [6.07, 6.45) is 0. The monoisotopic (exact) mass is 308 g/mol. The predicted molar refractivity (Wildman–Crippen MR) is 88.9 cm³/mol. The van der Waals surface area contributed by atoms with Gasteiger partial charge in [0.25, 0.3) is 0 Å². The van der Waals surface area contributed by atoms with Gasteiger partial charge in [-0.25, -0.2) is 0 Å². The van der Waals surface area contributed by atoms with Gasteiger partial charge in [0.1, 0.15) is 11.5 Å². The van der Waals surface area contributed by atoms with Gasteiger partial charge in [0.05, 0.1) is 7.11 Å². The smallest absolute Gasteiger partial charge is 0.168 e. The minimum atomic E-state index is 0.0399. The van der Waals surface area contributed by atoms with Crippen molar-refractivity contribution in [3.63, 3.8) is 0 Å². The van der Waals surface area contributed by atoms with Crippen LogP contribution in [0.1, 0.15) is 0 Å². The van der Waals surface area contributed by atoms with E-state index < -0.39 is 0 Å². The molecule has 23 heavy (non-hydrogen) atoms. The van der Waals surface area contributed by atoms with Crippen molar-refractivity contribution in [1.29, 1.82) is 0 Å². The first-order chi connectivity index (χ1) is 11.1. The van der Waals surface area contributed by atoms with Crippen molar-refractivity contribution < 1.29 is 20.1 Å².